The topological polar surface area (TPSA) is 102 Å². The molecule has 176 valence electrons. The van der Waals surface area contributed by atoms with E-state index in [0.29, 0.717) is 33.1 Å². The number of carbonyl (C=O) groups is 1. The molecular formula is C24H24ClN5O3S. The highest BCUT2D eigenvalue weighted by molar-refractivity contribution is 7.21. The van der Waals surface area contributed by atoms with Gasteiger partial charge in [0.1, 0.15) is 16.4 Å². The lowest BCUT2D eigenvalue weighted by atomic mass is 9.84. The van der Waals surface area contributed by atoms with Crippen LogP contribution in [0, 0.1) is 6.92 Å². The molecular weight excluding hydrogens is 474 g/mol. The Hall–Kier alpha value is -3.17. The van der Waals surface area contributed by atoms with Crippen molar-refractivity contribution >= 4 is 44.9 Å². The van der Waals surface area contributed by atoms with Gasteiger partial charge >= 0.3 is 0 Å². The first-order valence-electron chi connectivity index (χ1n) is 11.2. The molecule has 2 aromatic carbocycles. The van der Waals surface area contributed by atoms with Crippen molar-refractivity contribution in [3.63, 3.8) is 0 Å². The summed E-state index contributed by atoms with van der Waals surface area (Å²) in [5.74, 6) is 1.83. The van der Waals surface area contributed by atoms with E-state index in [2.05, 4.69) is 32.0 Å². The summed E-state index contributed by atoms with van der Waals surface area (Å²) >= 11 is 7.98. The number of tetrazole rings is 1. The van der Waals surface area contributed by atoms with Gasteiger partial charge in [-0.1, -0.05) is 42.0 Å². The predicted octanol–water partition coefficient (Wildman–Crippen LogP) is 6.48. The molecule has 0 aliphatic heterocycles. The number of methoxy groups -OCH3 is 1. The maximum absolute atomic E-state index is 13.1. The number of aromatic nitrogens is 4. The van der Waals surface area contributed by atoms with Gasteiger partial charge in [-0.05, 0) is 66.3 Å². The van der Waals surface area contributed by atoms with Crippen LogP contribution in [0.1, 0.15) is 58.8 Å². The lowest BCUT2D eigenvalue weighted by Crippen LogP contribution is -2.12. The monoisotopic (exact) mass is 497 g/mol. The van der Waals surface area contributed by atoms with Gasteiger partial charge in [0, 0.05) is 10.1 Å². The average molecular weight is 498 g/mol. The number of hydrogen-bond donors (Lipinski definition) is 2. The maximum Gasteiger partial charge on any atom is 0.272 e. The molecule has 4 aromatic rings. The van der Waals surface area contributed by atoms with Crippen molar-refractivity contribution in [2.75, 3.05) is 12.4 Å². The number of halogens is 1. The zero-order valence-corrected chi connectivity index (χ0v) is 20.4. The van der Waals surface area contributed by atoms with Gasteiger partial charge in [-0.15, -0.1) is 16.4 Å². The van der Waals surface area contributed by atoms with Gasteiger partial charge < -0.3 is 9.47 Å². The van der Waals surface area contributed by atoms with Crippen LogP contribution in [-0.2, 0) is 0 Å². The van der Waals surface area contributed by atoms with E-state index < -0.39 is 5.91 Å². The average Bonchev–Trinajstić information content (AvgIpc) is 3.48. The molecule has 2 N–H and O–H groups in total. The van der Waals surface area contributed by atoms with Crippen molar-refractivity contribution in [2.24, 2.45) is 0 Å². The number of benzene rings is 2. The Morgan fingerprint density at radius 2 is 2.00 bits per heavy atom. The molecule has 10 heteroatoms. The van der Waals surface area contributed by atoms with E-state index in [1.807, 2.05) is 31.2 Å². The number of rotatable bonds is 6. The van der Waals surface area contributed by atoms with Gasteiger partial charge in [-0.25, -0.2) is 0 Å². The Bertz CT molecular complexity index is 1330. The summed E-state index contributed by atoms with van der Waals surface area (Å²) < 4.78 is 12.7. The van der Waals surface area contributed by atoms with Gasteiger partial charge in [0.2, 0.25) is 0 Å². The SMILES string of the molecule is COc1cc2c(Oc3ccc(C4CCCCC4)cc3Cl)c(C(=O)Nc3nn[nH]n3)sc2cc1C. The Kier molecular flexibility index (Phi) is 6.38. The minimum absolute atomic E-state index is 0.0806. The molecule has 0 atom stereocenters. The predicted molar refractivity (Wildman–Crippen MR) is 133 cm³/mol. The molecule has 1 fully saturated rings. The lowest BCUT2D eigenvalue weighted by molar-refractivity contribution is 0.102. The number of anilines is 1. The van der Waals surface area contributed by atoms with Crippen molar-refractivity contribution in [1.82, 2.24) is 20.6 Å². The number of aryl methyl sites for hydroxylation is 1. The first-order valence-corrected chi connectivity index (χ1v) is 12.4. The summed E-state index contributed by atoms with van der Waals surface area (Å²) in [5, 5.41) is 17.3. The van der Waals surface area contributed by atoms with Crippen molar-refractivity contribution in [2.45, 2.75) is 44.9 Å². The highest BCUT2D eigenvalue weighted by atomic mass is 35.5. The second-order valence-corrected chi connectivity index (χ2v) is 9.85. The van der Waals surface area contributed by atoms with Crippen LogP contribution in [0.4, 0.5) is 5.95 Å². The van der Waals surface area contributed by atoms with Gasteiger partial charge in [0.15, 0.2) is 5.75 Å². The van der Waals surface area contributed by atoms with Crippen molar-refractivity contribution in [1.29, 1.82) is 0 Å². The van der Waals surface area contributed by atoms with Crippen LogP contribution in [0.5, 0.6) is 17.2 Å². The standard InChI is InChI=1S/C24H24ClN5O3S/c1-13-10-20-16(12-19(13)32-2)21(22(34-20)23(31)26-24-27-29-30-28-24)33-18-9-8-15(11-17(18)25)14-6-4-3-5-7-14/h8-12,14H,3-7H2,1-2H3,(H2,26,27,28,29,30,31). The third-order valence-corrected chi connectivity index (χ3v) is 7.61. The lowest BCUT2D eigenvalue weighted by Gasteiger charge is -2.22. The van der Waals surface area contributed by atoms with Crippen LogP contribution in [0.25, 0.3) is 10.1 Å². The van der Waals surface area contributed by atoms with Crippen LogP contribution >= 0.6 is 22.9 Å². The largest absolute Gasteiger partial charge is 0.496 e. The summed E-state index contributed by atoms with van der Waals surface area (Å²) in [6.07, 6.45) is 6.17. The molecule has 0 bridgehead atoms. The number of fused-ring (bicyclic) bond motifs is 1. The maximum atomic E-state index is 13.1. The number of nitrogens with zero attached hydrogens (tertiary/aromatic N) is 3. The number of H-pyrrole nitrogens is 1. The third-order valence-electron chi connectivity index (χ3n) is 6.18. The van der Waals surface area contributed by atoms with E-state index in [-0.39, 0.29) is 5.95 Å². The molecule has 2 aromatic heterocycles. The Morgan fingerprint density at radius 3 is 2.71 bits per heavy atom. The molecule has 0 unspecified atom stereocenters. The number of hydrogen-bond acceptors (Lipinski definition) is 7. The zero-order chi connectivity index (χ0) is 23.7. The minimum Gasteiger partial charge on any atom is -0.496 e. The Morgan fingerprint density at radius 1 is 1.18 bits per heavy atom. The van der Waals surface area contributed by atoms with Crippen LogP contribution in [0.2, 0.25) is 5.02 Å². The van der Waals surface area contributed by atoms with Gasteiger partial charge in [0.05, 0.1) is 12.1 Å². The van der Waals surface area contributed by atoms with Crippen molar-refractivity contribution in [3.05, 3.63) is 51.4 Å². The van der Waals surface area contributed by atoms with Crippen molar-refractivity contribution in [3.8, 4) is 17.2 Å². The van der Waals surface area contributed by atoms with Crippen LogP contribution in [0.3, 0.4) is 0 Å². The van der Waals surface area contributed by atoms with Crippen molar-refractivity contribution < 1.29 is 14.3 Å². The van der Waals surface area contributed by atoms with E-state index in [9.17, 15) is 4.79 Å². The first kappa shape index (κ1) is 22.6. The first-order chi connectivity index (χ1) is 16.5. The highest BCUT2D eigenvalue weighted by Crippen LogP contribution is 2.45. The molecule has 0 radical (unpaired) electrons. The van der Waals surface area contributed by atoms with E-state index in [1.165, 1.54) is 49.0 Å². The summed E-state index contributed by atoms with van der Waals surface area (Å²) in [6, 6.07) is 9.82. The number of aromatic amines is 1. The Labute approximate surface area is 205 Å². The molecule has 1 aliphatic rings. The fourth-order valence-electron chi connectivity index (χ4n) is 4.45. The second kappa shape index (κ2) is 9.60. The van der Waals surface area contributed by atoms with Gasteiger partial charge in [-0.3, -0.25) is 10.1 Å². The molecule has 1 amide bonds. The normalized spacial score (nSPS) is 14.3. The number of nitrogens with one attached hydrogen (secondary N) is 2. The number of carbonyl (C=O) groups excluding carboxylic acids is 1. The summed E-state index contributed by atoms with van der Waals surface area (Å²) in [6.45, 7) is 1.96. The summed E-state index contributed by atoms with van der Waals surface area (Å²) in [5.41, 5.74) is 2.20. The highest BCUT2D eigenvalue weighted by Gasteiger charge is 2.24. The smallest absolute Gasteiger partial charge is 0.272 e. The van der Waals surface area contributed by atoms with Crippen LogP contribution in [0.15, 0.2) is 30.3 Å². The number of amides is 1. The molecule has 1 aliphatic carbocycles. The van der Waals surface area contributed by atoms with Crippen LogP contribution in [-0.4, -0.2) is 33.6 Å². The van der Waals surface area contributed by atoms with E-state index in [4.69, 9.17) is 21.1 Å². The third kappa shape index (κ3) is 4.45. The second-order valence-electron chi connectivity index (χ2n) is 8.39. The van der Waals surface area contributed by atoms with Gasteiger partial charge in [0.25, 0.3) is 11.9 Å². The van der Waals surface area contributed by atoms with E-state index >= 15 is 0 Å². The number of thiophene rings is 1. The van der Waals surface area contributed by atoms with E-state index in [1.54, 1.807) is 7.11 Å². The molecule has 8 nitrogen and oxygen atoms in total. The quantitative estimate of drug-likeness (QED) is 0.316. The zero-order valence-electron chi connectivity index (χ0n) is 18.9. The fourth-order valence-corrected chi connectivity index (χ4v) is 5.78. The van der Waals surface area contributed by atoms with Gasteiger partial charge in [-0.2, -0.15) is 5.21 Å². The number of ether oxygens (including phenoxy) is 2. The molecule has 0 saturated heterocycles. The van der Waals surface area contributed by atoms with E-state index in [0.717, 1.165) is 15.6 Å². The molecule has 2 heterocycles. The summed E-state index contributed by atoms with van der Waals surface area (Å²) in [4.78, 5) is 13.5. The molecule has 5 rings (SSSR count). The fraction of sp³-hybridized carbons (Fsp3) is 0.333. The Balaban J connectivity index is 1.53. The molecule has 0 spiro atoms. The molecule has 1 saturated carbocycles. The molecule has 34 heavy (non-hydrogen) atoms. The minimum atomic E-state index is -0.399. The van der Waals surface area contributed by atoms with Crippen LogP contribution < -0.4 is 14.8 Å². The summed E-state index contributed by atoms with van der Waals surface area (Å²) in [7, 11) is 1.62.